The van der Waals surface area contributed by atoms with E-state index in [-0.39, 0.29) is 24.5 Å². The molecule has 1 aromatic heterocycles. The highest BCUT2D eigenvalue weighted by Gasteiger charge is 2.10. The number of carbonyl (C=O) groups is 2. The normalized spacial score (nSPS) is 10.3. The second-order valence-electron chi connectivity index (χ2n) is 5.79. The van der Waals surface area contributed by atoms with Crippen molar-refractivity contribution in [3.8, 4) is 11.5 Å². The third-order valence-corrected chi connectivity index (χ3v) is 4.30. The van der Waals surface area contributed by atoms with Crippen LogP contribution in [0.4, 0.5) is 5.69 Å². The summed E-state index contributed by atoms with van der Waals surface area (Å²) in [5.74, 6) is 1.08. The number of hydrogen-bond donors (Lipinski definition) is 1. The molecule has 0 aliphatic rings. The van der Waals surface area contributed by atoms with Gasteiger partial charge in [-0.2, -0.15) is 0 Å². The van der Waals surface area contributed by atoms with Gasteiger partial charge < -0.3 is 10.1 Å². The van der Waals surface area contributed by atoms with Crippen LogP contribution in [-0.4, -0.2) is 16.7 Å². The first-order valence-electron chi connectivity index (χ1n) is 8.37. The monoisotopic (exact) mass is 424 g/mol. The van der Waals surface area contributed by atoms with E-state index in [9.17, 15) is 9.59 Å². The quantitative estimate of drug-likeness (QED) is 0.526. The Kier molecular flexibility index (Phi) is 6.33. The number of benzene rings is 2. The van der Waals surface area contributed by atoms with Gasteiger partial charge in [0.05, 0.1) is 0 Å². The zero-order chi connectivity index (χ0) is 19.1. The van der Waals surface area contributed by atoms with Crippen LogP contribution >= 0.6 is 15.9 Å². The van der Waals surface area contributed by atoms with E-state index in [0.717, 1.165) is 4.47 Å². The highest BCUT2D eigenvalue weighted by Crippen LogP contribution is 2.22. The van der Waals surface area contributed by atoms with Crippen LogP contribution in [0.3, 0.4) is 0 Å². The van der Waals surface area contributed by atoms with Crippen LogP contribution in [0, 0.1) is 0 Å². The van der Waals surface area contributed by atoms with Crippen molar-refractivity contribution >= 4 is 33.3 Å². The van der Waals surface area contributed by atoms with Gasteiger partial charge in [-0.15, -0.1) is 0 Å². The first kappa shape index (κ1) is 18.8. The fourth-order valence-corrected chi connectivity index (χ4v) is 2.64. The van der Waals surface area contributed by atoms with E-state index in [0.29, 0.717) is 22.7 Å². The Morgan fingerprint density at radius 2 is 1.48 bits per heavy atom. The largest absolute Gasteiger partial charge is 0.457 e. The van der Waals surface area contributed by atoms with Gasteiger partial charge in [0, 0.05) is 41.0 Å². The number of amides is 1. The van der Waals surface area contributed by atoms with E-state index >= 15 is 0 Å². The smallest absolute Gasteiger partial charge is 0.224 e. The molecule has 0 spiro atoms. The maximum atomic E-state index is 12.1. The molecular formula is C21H17BrN2O3. The maximum absolute atomic E-state index is 12.1. The SMILES string of the molecule is O=C(CCC(=O)c1ccc(Br)cc1)Nc1ccc(Oc2ccncc2)cc1. The van der Waals surface area contributed by atoms with Crippen LogP contribution in [0.15, 0.2) is 77.5 Å². The van der Waals surface area contributed by atoms with E-state index in [4.69, 9.17) is 4.74 Å². The number of rotatable bonds is 7. The van der Waals surface area contributed by atoms with Gasteiger partial charge in [0.25, 0.3) is 0 Å². The number of Topliss-reactive ketones (excluding diaryl/α,β-unsaturated/α-hetero) is 1. The van der Waals surface area contributed by atoms with Crippen molar-refractivity contribution in [2.24, 2.45) is 0 Å². The number of nitrogens with zero attached hydrogens (tertiary/aromatic N) is 1. The zero-order valence-electron chi connectivity index (χ0n) is 14.4. The molecule has 0 fully saturated rings. The van der Waals surface area contributed by atoms with Crippen molar-refractivity contribution in [3.63, 3.8) is 0 Å². The number of carbonyl (C=O) groups excluding carboxylic acids is 2. The van der Waals surface area contributed by atoms with Gasteiger partial charge in [0.1, 0.15) is 11.5 Å². The number of pyridine rings is 1. The van der Waals surface area contributed by atoms with Gasteiger partial charge >= 0.3 is 0 Å². The zero-order valence-corrected chi connectivity index (χ0v) is 16.0. The standard InChI is InChI=1S/C21H17BrN2O3/c22-16-3-1-15(2-4-16)20(25)9-10-21(26)24-17-5-7-18(8-6-17)27-19-11-13-23-14-12-19/h1-8,11-14H,9-10H2,(H,24,26). The Morgan fingerprint density at radius 1 is 0.852 bits per heavy atom. The summed E-state index contributed by atoms with van der Waals surface area (Å²) in [6.45, 7) is 0. The molecule has 0 radical (unpaired) electrons. The molecule has 3 aromatic rings. The van der Waals surface area contributed by atoms with E-state index in [1.165, 1.54) is 0 Å². The molecule has 2 aromatic carbocycles. The predicted octanol–water partition coefficient (Wildman–Crippen LogP) is 5.24. The summed E-state index contributed by atoms with van der Waals surface area (Å²) in [5.41, 5.74) is 1.25. The van der Waals surface area contributed by atoms with Crippen LogP contribution in [0.25, 0.3) is 0 Å². The number of nitrogens with one attached hydrogen (secondary N) is 1. The topological polar surface area (TPSA) is 68.3 Å². The molecule has 0 unspecified atom stereocenters. The van der Waals surface area contributed by atoms with Crippen LogP contribution in [0.5, 0.6) is 11.5 Å². The predicted molar refractivity (Wildman–Crippen MR) is 107 cm³/mol. The molecule has 0 saturated carbocycles. The minimum Gasteiger partial charge on any atom is -0.457 e. The van der Waals surface area contributed by atoms with Crippen LogP contribution in [0.1, 0.15) is 23.2 Å². The molecule has 3 rings (SSSR count). The molecule has 0 bridgehead atoms. The second kappa shape index (κ2) is 9.09. The van der Waals surface area contributed by atoms with E-state index in [1.807, 2.05) is 12.1 Å². The van der Waals surface area contributed by atoms with Crippen LogP contribution in [0.2, 0.25) is 0 Å². The van der Waals surface area contributed by atoms with E-state index in [1.54, 1.807) is 60.9 Å². The van der Waals surface area contributed by atoms with E-state index < -0.39 is 0 Å². The Hall–Kier alpha value is -2.99. The maximum Gasteiger partial charge on any atom is 0.224 e. The first-order chi connectivity index (χ1) is 13.1. The third kappa shape index (κ3) is 5.76. The Balaban J connectivity index is 1.49. The molecule has 6 heteroatoms. The van der Waals surface area contributed by atoms with Crippen molar-refractivity contribution in [3.05, 3.63) is 83.1 Å². The molecule has 27 heavy (non-hydrogen) atoms. The number of hydrogen-bond acceptors (Lipinski definition) is 4. The van der Waals surface area contributed by atoms with Crippen molar-refractivity contribution < 1.29 is 14.3 Å². The lowest BCUT2D eigenvalue weighted by Gasteiger charge is -2.08. The molecule has 0 atom stereocenters. The van der Waals surface area contributed by atoms with Gasteiger partial charge in [-0.05, 0) is 48.5 Å². The molecule has 1 N–H and O–H groups in total. The fraction of sp³-hybridized carbons (Fsp3) is 0.0952. The summed E-state index contributed by atoms with van der Waals surface area (Å²) >= 11 is 3.33. The summed E-state index contributed by atoms with van der Waals surface area (Å²) in [5, 5.41) is 2.78. The van der Waals surface area contributed by atoms with Gasteiger partial charge in [0.2, 0.25) is 5.91 Å². The Bertz CT molecular complexity index is 910. The average Bonchev–Trinajstić information content (AvgIpc) is 2.69. The number of ether oxygens (including phenoxy) is 1. The Morgan fingerprint density at radius 3 is 2.15 bits per heavy atom. The van der Waals surface area contributed by atoms with Gasteiger partial charge in [-0.1, -0.05) is 28.1 Å². The highest BCUT2D eigenvalue weighted by molar-refractivity contribution is 9.10. The van der Waals surface area contributed by atoms with Crippen LogP contribution in [-0.2, 0) is 4.79 Å². The summed E-state index contributed by atoms with van der Waals surface area (Å²) in [7, 11) is 0. The molecule has 0 aliphatic carbocycles. The average molecular weight is 425 g/mol. The van der Waals surface area contributed by atoms with Crippen molar-refractivity contribution in [1.82, 2.24) is 4.98 Å². The molecular weight excluding hydrogens is 408 g/mol. The van der Waals surface area contributed by atoms with Crippen LogP contribution < -0.4 is 10.1 Å². The summed E-state index contributed by atoms with van der Waals surface area (Å²) in [4.78, 5) is 28.1. The first-order valence-corrected chi connectivity index (χ1v) is 9.16. The third-order valence-electron chi connectivity index (χ3n) is 3.77. The summed E-state index contributed by atoms with van der Waals surface area (Å²) in [6.07, 6.45) is 3.60. The number of halogens is 1. The summed E-state index contributed by atoms with van der Waals surface area (Å²) < 4.78 is 6.58. The lowest BCUT2D eigenvalue weighted by molar-refractivity contribution is -0.116. The molecule has 1 amide bonds. The van der Waals surface area contributed by atoms with Gasteiger partial charge in [0.15, 0.2) is 5.78 Å². The number of ketones is 1. The van der Waals surface area contributed by atoms with E-state index in [2.05, 4.69) is 26.2 Å². The molecule has 0 saturated heterocycles. The van der Waals surface area contributed by atoms with Gasteiger partial charge in [-0.25, -0.2) is 0 Å². The number of aromatic nitrogens is 1. The minimum atomic E-state index is -0.205. The highest BCUT2D eigenvalue weighted by atomic mass is 79.9. The minimum absolute atomic E-state index is 0.0567. The lowest BCUT2D eigenvalue weighted by Crippen LogP contribution is -2.13. The second-order valence-corrected chi connectivity index (χ2v) is 6.70. The van der Waals surface area contributed by atoms with Crippen molar-refractivity contribution in [2.75, 3.05) is 5.32 Å². The molecule has 0 aliphatic heterocycles. The Labute approximate surface area is 165 Å². The summed E-state index contributed by atoms with van der Waals surface area (Å²) in [6, 6.07) is 17.7. The molecule has 1 heterocycles. The lowest BCUT2D eigenvalue weighted by atomic mass is 10.1. The fourth-order valence-electron chi connectivity index (χ4n) is 2.38. The van der Waals surface area contributed by atoms with Crippen molar-refractivity contribution in [2.45, 2.75) is 12.8 Å². The van der Waals surface area contributed by atoms with Crippen molar-refractivity contribution in [1.29, 1.82) is 0 Å². The van der Waals surface area contributed by atoms with Gasteiger partial charge in [-0.3, -0.25) is 14.6 Å². The number of anilines is 1. The molecule has 5 nitrogen and oxygen atoms in total. The molecule has 136 valence electrons.